The van der Waals surface area contributed by atoms with Crippen molar-refractivity contribution in [2.24, 2.45) is 4.99 Å². The summed E-state index contributed by atoms with van der Waals surface area (Å²) in [7, 11) is 1.86. The van der Waals surface area contributed by atoms with Gasteiger partial charge in [-0.25, -0.2) is 0 Å². The smallest absolute Gasteiger partial charge is 0.191 e. The molecule has 1 aliphatic heterocycles. The van der Waals surface area contributed by atoms with Crippen molar-refractivity contribution in [1.82, 2.24) is 15.5 Å². The number of hydrogen-bond acceptors (Lipinski definition) is 3. The first-order valence-electron chi connectivity index (χ1n) is 9.10. The molecule has 1 aromatic carbocycles. The molecule has 1 aliphatic carbocycles. The van der Waals surface area contributed by atoms with Gasteiger partial charge in [-0.3, -0.25) is 9.89 Å². The molecule has 4 nitrogen and oxygen atoms in total. The Morgan fingerprint density at radius 3 is 2.75 bits per heavy atom. The molecule has 1 saturated carbocycles. The Morgan fingerprint density at radius 1 is 1.33 bits per heavy atom. The van der Waals surface area contributed by atoms with E-state index in [1.54, 1.807) is 0 Å². The van der Waals surface area contributed by atoms with Crippen molar-refractivity contribution < 1.29 is 0 Å². The Kier molecular flexibility index (Phi) is 6.06. The van der Waals surface area contributed by atoms with Crippen LogP contribution in [0.2, 0.25) is 0 Å². The summed E-state index contributed by atoms with van der Waals surface area (Å²) in [6, 6.07) is 12.6. The number of likely N-dealkylation sites (tertiary alicyclic amines) is 1. The van der Waals surface area contributed by atoms with Crippen LogP contribution in [0.25, 0.3) is 0 Å². The summed E-state index contributed by atoms with van der Waals surface area (Å²) in [5.41, 5.74) is 0. The maximum absolute atomic E-state index is 4.41. The molecule has 3 rings (SSSR count). The van der Waals surface area contributed by atoms with Gasteiger partial charge in [0.2, 0.25) is 0 Å². The van der Waals surface area contributed by atoms with E-state index in [1.165, 1.54) is 24.2 Å². The van der Waals surface area contributed by atoms with E-state index in [2.05, 4.69) is 64.7 Å². The van der Waals surface area contributed by atoms with E-state index in [0.717, 1.165) is 25.1 Å². The van der Waals surface area contributed by atoms with Crippen LogP contribution in [0, 0.1) is 0 Å². The topological polar surface area (TPSA) is 39.7 Å². The molecule has 0 aromatic heterocycles. The zero-order valence-electron chi connectivity index (χ0n) is 15.0. The number of rotatable bonds is 6. The van der Waals surface area contributed by atoms with E-state index < -0.39 is 0 Å². The van der Waals surface area contributed by atoms with Crippen molar-refractivity contribution in [2.75, 3.05) is 20.1 Å². The molecule has 3 atom stereocenters. The van der Waals surface area contributed by atoms with Crippen LogP contribution in [-0.2, 0) is 0 Å². The van der Waals surface area contributed by atoms with Crippen LogP contribution in [0.4, 0.5) is 0 Å². The highest BCUT2D eigenvalue weighted by molar-refractivity contribution is 8.00. The zero-order valence-corrected chi connectivity index (χ0v) is 15.9. The summed E-state index contributed by atoms with van der Waals surface area (Å²) in [6.45, 7) is 6.67. The van der Waals surface area contributed by atoms with Crippen LogP contribution in [0.5, 0.6) is 0 Å². The third kappa shape index (κ3) is 4.90. The molecular weight excluding hydrogens is 316 g/mol. The normalized spacial score (nSPS) is 26.4. The fourth-order valence-corrected chi connectivity index (χ4v) is 4.42. The number of nitrogens with zero attached hydrogens (tertiary/aromatic N) is 2. The highest BCUT2D eigenvalue weighted by Gasteiger charge is 2.38. The lowest BCUT2D eigenvalue weighted by Gasteiger charge is -2.21. The number of aliphatic imine (C=N–C) groups is 1. The predicted octanol–water partition coefficient (Wildman–Crippen LogP) is 2.96. The molecule has 0 radical (unpaired) electrons. The third-order valence-electron chi connectivity index (χ3n) is 4.84. The molecule has 24 heavy (non-hydrogen) atoms. The van der Waals surface area contributed by atoms with Gasteiger partial charge in [-0.05, 0) is 38.3 Å². The van der Waals surface area contributed by atoms with Crippen LogP contribution in [0.15, 0.2) is 40.2 Å². The number of guanidine groups is 1. The van der Waals surface area contributed by atoms with Crippen molar-refractivity contribution in [3.63, 3.8) is 0 Å². The van der Waals surface area contributed by atoms with Gasteiger partial charge in [0.1, 0.15) is 0 Å². The van der Waals surface area contributed by atoms with Crippen LogP contribution < -0.4 is 10.6 Å². The number of hydrogen-bond donors (Lipinski definition) is 2. The van der Waals surface area contributed by atoms with Gasteiger partial charge in [-0.1, -0.05) is 25.1 Å². The minimum atomic E-state index is 0.497. The van der Waals surface area contributed by atoms with Crippen molar-refractivity contribution in [2.45, 2.75) is 61.4 Å². The Labute approximate surface area is 150 Å². The molecule has 1 saturated heterocycles. The number of nitrogens with one attached hydrogen (secondary N) is 2. The molecule has 0 bridgehead atoms. The monoisotopic (exact) mass is 346 g/mol. The molecule has 0 spiro atoms. The summed E-state index contributed by atoms with van der Waals surface area (Å²) in [5.74, 6) is 0.936. The van der Waals surface area contributed by atoms with Gasteiger partial charge in [-0.15, -0.1) is 11.8 Å². The van der Waals surface area contributed by atoms with E-state index in [4.69, 9.17) is 0 Å². The zero-order chi connectivity index (χ0) is 16.9. The molecule has 3 unspecified atom stereocenters. The Bertz CT molecular complexity index is 544. The van der Waals surface area contributed by atoms with Crippen molar-refractivity contribution in [1.29, 1.82) is 0 Å². The van der Waals surface area contributed by atoms with E-state index in [-0.39, 0.29) is 0 Å². The maximum atomic E-state index is 4.41. The van der Waals surface area contributed by atoms with E-state index >= 15 is 0 Å². The van der Waals surface area contributed by atoms with Gasteiger partial charge in [-0.2, -0.15) is 0 Å². The van der Waals surface area contributed by atoms with Gasteiger partial charge < -0.3 is 10.6 Å². The fraction of sp³-hybridized carbons (Fsp3) is 0.632. The quantitative estimate of drug-likeness (QED) is 0.472. The molecule has 2 N–H and O–H groups in total. The second-order valence-electron chi connectivity index (χ2n) is 7.05. The van der Waals surface area contributed by atoms with Gasteiger partial charge >= 0.3 is 0 Å². The van der Waals surface area contributed by atoms with Crippen LogP contribution in [0.1, 0.15) is 33.1 Å². The standard InChI is InChI=1S/C19H30N4S/c1-14-11-16(13-23(14)17-9-10-17)22-19(20-3)21-12-15(2)24-18-7-5-4-6-8-18/h4-8,14-17H,9-13H2,1-3H3,(H2,20,21,22). The summed E-state index contributed by atoms with van der Waals surface area (Å²) in [4.78, 5) is 8.39. The van der Waals surface area contributed by atoms with Crippen LogP contribution in [0.3, 0.4) is 0 Å². The maximum Gasteiger partial charge on any atom is 0.191 e. The first-order valence-corrected chi connectivity index (χ1v) is 9.98. The highest BCUT2D eigenvalue weighted by atomic mass is 32.2. The first-order chi connectivity index (χ1) is 11.7. The number of benzene rings is 1. The molecule has 2 fully saturated rings. The van der Waals surface area contributed by atoms with Crippen LogP contribution in [-0.4, -0.2) is 54.4 Å². The molecular formula is C19H30N4S. The highest BCUT2D eigenvalue weighted by Crippen LogP contribution is 2.33. The Hall–Kier alpha value is -1.20. The van der Waals surface area contributed by atoms with Crippen molar-refractivity contribution >= 4 is 17.7 Å². The molecule has 2 aliphatic rings. The largest absolute Gasteiger partial charge is 0.355 e. The van der Waals surface area contributed by atoms with Gasteiger partial charge in [0.15, 0.2) is 5.96 Å². The SMILES string of the molecule is CN=C(NCC(C)Sc1ccccc1)NC1CC(C)N(C2CC2)C1. The summed E-state index contributed by atoms with van der Waals surface area (Å²) in [6.07, 6.45) is 3.99. The first kappa shape index (κ1) is 17.6. The van der Waals surface area contributed by atoms with Crippen molar-refractivity contribution in [3.05, 3.63) is 30.3 Å². The van der Waals surface area contributed by atoms with E-state index in [9.17, 15) is 0 Å². The lowest BCUT2D eigenvalue weighted by Crippen LogP contribution is -2.46. The minimum Gasteiger partial charge on any atom is -0.355 e. The molecule has 1 heterocycles. The predicted molar refractivity (Wildman–Crippen MR) is 104 cm³/mol. The molecule has 1 aromatic rings. The second-order valence-corrected chi connectivity index (χ2v) is 8.56. The fourth-order valence-electron chi connectivity index (χ4n) is 3.48. The van der Waals surface area contributed by atoms with Gasteiger partial charge in [0.05, 0.1) is 0 Å². The van der Waals surface area contributed by atoms with Gasteiger partial charge in [0.25, 0.3) is 0 Å². The van der Waals surface area contributed by atoms with E-state index in [0.29, 0.717) is 17.3 Å². The molecule has 132 valence electrons. The lowest BCUT2D eigenvalue weighted by molar-refractivity contribution is 0.256. The van der Waals surface area contributed by atoms with Crippen molar-refractivity contribution in [3.8, 4) is 0 Å². The average molecular weight is 347 g/mol. The Morgan fingerprint density at radius 2 is 2.08 bits per heavy atom. The summed E-state index contributed by atoms with van der Waals surface area (Å²) in [5, 5.41) is 7.60. The molecule has 5 heteroatoms. The molecule has 0 amide bonds. The third-order valence-corrected chi connectivity index (χ3v) is 5.95. The lowest BCUT2D eigenvalue weighted by atomic mass is 10.2. The second kappa shape index (κ2) is 8.26. The minimum absolute atomic E-state index is 0.497. The van der Waals surface area contributed by atoms with E-state index in [1.807, 2.05) is 18.8 Å². The Balaban J connectivity index is 1.42. The summed E-state index contributed by atoms with van der Waals surface area (Å²) >= 11 is 1.90. The van der Waals surface area contributed by atoms with Gasteiger partial charge in [0, 0.05) is 48.4 Å². The average Bonchev–Trinajstić information content (AvgIpc) is 3.36. The van der Waals surface area contributed by atoms with Crippen LogP contribution >= 0.6 is 11.8 Å². The number of thioether (sulfide) groups is 1. The summed E-state index contributed by atoms with van der Waals surface area (Å²) < 4.78 is 0.